The van der Waals surface area contributed by atoms with Gasteiger partial charge in [-0.1, -0.05) is 6.07 Å². The molecule has 1 aliphatic heterocycles. The van der Waals surface area contributed by atoms with Crippen LogP contribution in [0.15, 0.2) is 53.6 Å². The summed E-state index contributed by atoms with van der Waals surface area (Å²) in [5.41, 5.74) is 2.57. The lowest BCUT2D eigenvalue weighted by atomic mass is 10.1. The first-order chi connectivity index (χ1) is 16.1. The lowest BCUT2D eigenvalue weighted by Crippen LogP contribution is -2.25. The molecule has 1 aliphatic carbocycles. The number of nitrogens with two attached hydrogens (primary N) is 1. The van der Waals surface area contributed by atoms with E-state index in [1.807, 2.05) is 0 Å². The Balaban J connectivity index is 1.34. The second-order valence-electron chi connectivity index (χ2n) is 8.17. The van der Waals surface area contributed by atoms with Gasteiger partial charge < -0.3 is 10.6 Å². The summed E-state index contributed by atoms with van der Waals surface area (Å²) in [6.07, 6.45) is 2.41. The van der Waals surface area contributed by atoms with Gasteiger partial charge in [0.2, 0.25) is 16.0 Å². The number of nitrogens with zero attached hydrogens (tertiary/aromatic N) is 2. The van der Waals surface area contributed by atoms with Crippen LogP contribution < -0.4 is 21.1 Å². The third kappa shape index (κ3) is 4.46. The van der Waals surface area contributed by atoms with Crippen LogP contribution in [0.3, 0.4) is 0 Å². The molecule has 34 heavy (non-hydrogen) atoms. The van der Waals surface area contributed by atoms with Crippen LogP contribution >= 0.6 is 0 Å². The monoisotopic (exact) mass is 504 g/mol. The maximum Gasteiger partial charge on any atom is 0.238 e. The largest absolute Gasteiger partial charge is 0.338 e. The van der Waals surface area contributed by atoms with E-state index in [-0.39, 0.29) is 21.9 Å². The summed E-state index contributed by atoms with van der Waals surface area (Å²) >= 11 is 0. The molecule has 1 saturated carbocycles. The van der Waals surface area contributed by atoms with Crippen molar-refractivity contribution in [3.63, 3.8) is 0 Å². The summed E-state index contributed by atoms with van der Waals surface area (Å²) in [4.78, 5) is 8.01. The van der Waals surface area contributed by atoms with Gasteiger partial charge in [-0.05, 0) is 60.4 Å². The number of aromatic nitrogens is 2. The molecule has 0 amide bonds. The van der Waals surface area contributed by atoms with Crippen LogP contribution in [0.2, 0.25) is 0 Å². The minimum absolute atomic E-state index is 0.0429. The number of rotatable bonds is 7. The average molecular weight is 505 g/mol. The fourth-order valence-corrected chi connectivity index (χ4v) is 6.39. The van der Waals surface area contributed by atoms with Crippen molar-refractivity contribution >= 4 is 43.0 Å². The molecule has 0 radical (unpaired) electrons. The summed E-state index contributed by atoms with van der Waals surface area (Å²) in [5, 5.41) is 13.0. The summed E-state index contributed by atoms with van der Waals surface area (Å²) in [7, 11) is -7.08. The Labute approximate surface area is 195 Å². The number of hydrogen-bond donors (Lipinski definition) is 4. The minimum atomic E-state index is -3.81. The quantitative estimate of drug-likeness (QED) is 0.379. The Morgan fingerprint density at radius 2 is 1.71 bits per heavy atom. The van der Waals surface area contributed by atoms with Gasteiger partial charge in [0.05, 0.1) is 16.3 Å². The molecule has 5 N–H and O–H groups in total. The fourth-order valence-electron chi connectivity index (χ4n) is 3.80. The average Bonchev–Trinajstić information content (AvgIpc) is 3.56. The number of benzene rings is 2. The van der Waals surface area contributed by atoms with E-state index < -0.39 is 31.1 Å². The van der Waals surface area contributed by atoms with Crippen LogP contribution in [0, 0.1) is 5.82 Å². The molecule has 5 rings (SSSR count). The highest BCUT2D eigenvalue weighted by molar-refractivity contribution is 7.92. The molecule has 1 aromatic heterocycles. The Morgan fingerprint density at radius 3 is 2.38 bits per heavy atom. The summed E-state index contributed by atoms with van der Waals surface area (Å²) in [6.45, 7) is 0.398. The number of nitrogens with one attached hydrogen (secondary N) is 3. The molecule has 2 heterocycles. The van der Waals surface area contributed by atoms with Crippen molar-refractivity contribution < 1.29 is 21.2 Å². The van der Waals surface area contributed by atoms with Crippen molar-refractivity contribution in [2.45, 2.75) is 34.9 Å². The van der Waals surface area contributed by atoms with Crippen LogP contribution in [-0.2, 0) is 26.4 Å². The summed E-state index contributed by atoms with van der Waals surface area (Å²) in [5.74, 6) is -0.666. The zero-order chi connectivity index (χ0) is 24.1. The predicted octanol–water partition coefficient (Wildman–Crippen LogP) is 2.43. The first-order valence-corrected chi connectivity index (χ1v) is 13.6. The number of hydrogen-bond acceptors (Lipinski definition) is 9. The van der Waals surface area contributed by atoms with E-state index in [2.05, 4.69) is 25.9 Å². The van der Waals surface area contributed by atoms with Gasteiger partial charge in [-0.3, -0.25) is 5.32 Å². The van der Waals surface area contributed by atoms with E-state index in [9.17, 15) is 21.2 Å². The Hall–Kier alpha value is -3.13. The topological polar surface area (TPSA) is 156 Å². The van der Waals surface area contributed by atoms with Crippen LogP contribution in [0.5, 0.6) is 0 Å². The number of sulfone groups is 1. The summed E-state index contributed by atoms with van der Waals surface area (Å²) < 4.78 is 62.4. The Bertz CT molecular complexity index is 1480. The van der Waals surface area contributed by atoms with Gasteiger partial charge in [0.1, 0.15) is 5.37 Å². The van der Waals surface area contributed by atoms with Crippen LogP contribution in [-0.4, -0.2) is 32.1 Å². The smallest absolute Gasteiger partial charge is 0.238 e. The molecule has 3 aromatic rings. The second kappa shape index (κ2) is 8.27. The number of fused-ring (bicyclic) bond motifs is 1. The molecule has 1 atom stereocenters. The van der Waals surface area contributed by atoms with Gasteiger partial charge in [-0.2, -0.15) is 4.98 Å². The highest BCUT2D eigenvalue weighted by Gasteiger charge is 2.44. The van der Waals surface area contributed by atoms with Crippen molar-refractivity contribution in [1.82, 2.24) is 15.3 Å². The lowest BCUT2D eigenvalue weighted by Gasteiger charge is -2.14. The lowest BCUT2D eigenvalue weighted by molar-refractivity contribution is 0.566. The van der Waals surface area contributed by atoms with Gasteiger partial charge in [0.25, 0.3) is 0 Å². The van der Waals surface area contributed by atoms with E-state index in [0.717, 1.165) is 11.8 Å². The third-order valence-electron chi connectivity index (χ3n) is 5.67. The van der Waals surface area contributed by atoms with Crippen molar-refractivity contribution in [2.24, 2.45) is 5.14 Å². The van der Waals surface area contributed by atoms with Crippen molar-refractivity contribution in [2.75, 3.05) is 10.6 Å². The molecule has 0 saturated heterocycles. The zero-order valence-electron chi connectivity index (χ0n) is 17.7. The zero-order valence-corrected chi connectivity index (χ0v) is 19.3. The van der Waals surface area contributed by atoms with Gasteiger partial charge in [-0.15, -0.1) is 0 Å². The van der Waals surface area contributed by atoms with E-state index in [1.54, 1.807) is 18.2 Å². The van der Waals surface area contributed by atoms with Crippen LogP contribution in [0.1, 0.15) is 29.3 Å². The highest BCUT2D eigenvalue weighted by Crippen LogP contribution is 2.40. The number of halogens is 1. The molecule has 1 fully saturated rings. The SMILES string of the molecule is NS(=O)(=O)c1ccc(Nc2ncc(F)c(Nc3ccc4c(c3)CNC4S(=O)(=O)C3CC3)n2)cc1. The van der Waals surface area contributed by atoms with Crippen LogP contribution in [0.25, 0.3) is 0 Å². The molecule has 2 aromatic carbocycles. The molecule has 1 unspecified atom stereocenters. The predicted molar refractivity (Wildman–Crippen MR) is 124 cm³/mol. The number of anilines is 4. The number of primary sulfonamides is 1. The molecule has 10 nitrogen and oxygen atoms in total. The molecular formula is C21H21FN6O4S2. The first-order valence-electron chi connectivity index (χ1n) is 10.4. The number of sulfonamides is 1. The molecule has 0 bridgehead atoms. The molecule has 2 aliphatic rings. The van der Waals surface area contributed by atoms with Gasteiger partial charge >= 0.3 is 0 Å². The highest BCUT2D eigenvalue weighted by atomic mass is 32.2. The van der Waals surface area contributed by atoms with E-state index in [1.165, 1.54) is 24.3 Å². The van der Waals surface area contributed by atoms with Gasteiger partial charge in [0.15, 0.2) is 21.5 Å². The van der Waals surface area contributed by atoms with E-state index >= 15 is 0 Å². The van der Waals surface area contributed by atoms with Gasteiger partial charge in [-0.25, -0.2) is 31.3 Å². The maximum atomic E-state index is 14.4. The molecule has 13 heteroatoms. The van der Waals surface area contributed by atoms with Crippen molar-refractivity contribution in [3.05, 3.63) is 65.6 Å². The van der Waals surface area contributed by atoms with Crippen molar-refractivity contribution in [1.29, 1.82) is 0 Å². The van der Waals surface area contributed by atoms with Crippen molar-refractivity contribution in [3.8, 4) is 0 Å². The fraction of sp³-hybridized carbons (Fsp3) is 0.238. The second-order valence-corrected chi connectivity index (χ2v) is 12.0. The molecule has 0 spiro atoms. The molecule has 178 valence electrons. The van der Waals surface area contributed by atoms with Crippen LogP contribution in [0.4, 0.5) is 27.5 Å². The Morgan fingerprint density at radius 1 is 1.00 bits per heavy atom. The van der Waals surface area contributed by atoms with E-state index in [0.29, 0.717) is 36.3 Å². The van der Waals surface area contributed by atoms with Gasteiger partial charge in [0, 0.05) is 17.9 Å². The maximum absolute atomic E-state index is 14.4. The third-order valence-corrected chi connectivity index (χ3v) is 9.07. The molecular weight excluding hydrogens is 483 g/mol. The first kappa shape index (κ1) is 22.7. The standard InChI is InChI=1S/C21H21FN6O4S2/c22-18-11-25-21(27-13-1-4-16(5-2-13)34(23,31)32)28-19(18)26-14-3-8-17-12(9-14)10-24-20(17)33(29,30)15-6-7-15/h1-5,8-9,11,15,20,24H,6-7,10H2,(H2,23,31,32)(H2,25,26,27,28). The summed E-state index contributed by atoms with van der Waals surface area (Å²) in [6, 6.07) is 10.8. The Kier molecular flexibility index (Phi) is 5.51. The van der Waals surface area contributed by atoms with E-state index in [4.69, 9.17) is 5.14 Å². The normalized spacial score (nSPS) is 17.9. The minimum Gasteiger partial charge on any atom is -0.338 e.